The molecule has 2 heteroatoms. The highest BCUT2D eigenvalue weighted by atomic mass is 15.0. The molecule has 0 saturated heterocycles. The van der Waals surface area contributed by atoms with Gasteiger partial charge in [-0.2, -0.15) is 0 Å². The van der Waals surface area contributed by atoms with E-state index in [0.717, 1.165) is 5.92 Å². The van der Waals surface area contributed by atoms with Crippen molar-refractivity contribution >= 4 is 0 Å². The van der Waals surface area contributed by atoms with E-state index in [-0.39, 0.29) is 0 Å². The Labute approximate surface area is 69.3 Å². The lowest BCUT2D eigenvalue weighted by Crippen LogP contribution is -2.53. The fourth-order valence-electron chi connectivity index (χ4n) is 1.88. The topological polar surface area (TPSA) is 52.0 Å². The van der Waals surface area contributed by atoms with Crippen molar-refractivity contribution in [3.05, 3.63) is 0 Å². The largest absolute Gasteiger partial charge is 0.313 e. The predicted octanol–water partition coefficient (Wildman–Crippen LogP) is 1.45. The molecule has 1 fully saturated rings. The summed E-state index contributed by atoms with van der Waals surface area (Å²) in [6.45, 7) is 4.24. The molecule has 1 saturated carbocycles. The Morgan fingerprint density at radius 2 is 1.55 bits per heavy atom. The van der Waals surface area contributed by atoms with E-state index in [2.05, 4.69) is 6.92 Å². The van der Waals surface area contributed by atoms with E-state index in [1.165, 1.54) is 25.7 Å². The zero-order chi connectivity index (χ0) is 8.48. The van der Waals surface area contributed by atoms with Crippen LogP contribution in [0.4, 0.5) is 0 Å². The molecule has 11 heavy (non-hydrogen) atoms. The molecule has 4 N–H and O–H groups in total. The number of hydrogen-bond acceptors (Lipinski definition) is 2. The van der Waals surface area contributed by atoms with Crippen molar-refractivity contribution in [2.75, 3.05) is 0 Å². The van der Waals surface area contributed by atoms with Gasteiger partial charge in [-0.3, -0.25) is 0 Å². The maximum atomic E-state index is 5.83. The van der Waals surface area contributed by atoms with Gasteiger partial charge in [0, 0.05) is 0 Å². The Balaban J connectivity index is 2.39. The zero-order valence-corrected chi connectivity index (χ0v) is 7.64. The molecule has 0 bridgehead atoms. The van der Waals surface area contributed by atoms with Crippen LogP contribution in [0.5, 0.6) is 0 Å². The van der Waals surface area contributed by atoms with Crippen molar-refractivity contribution in [1.29, 1.82) is 0 Å². The number of rotatable bonds is 1. The monoisotopic (exact) mass is 156 g/mol. The van der Waals surface area contributed by atoms with Crippen LogP contribution in [0.25, 0.3) is 0 Å². The summed E-state index contributed by atoms with van der Waals surface area (Å²) in [7, 11) is 0. The Morgan fingerprint density at radius 1 is 1.09 bits per heavy atom. The Kier molecular flexibility index (Phi) is 2.55. The van der Waals surface area contributed by atoms with Crippen LogP contribution in [0.2, 0.25) is 0 Å². The average Bonchev–Trinajstić information content (AvgIpc) is 1.86. The first-order chi connectivity index (χ1) is 5.00. The second kappa shape index (κ2) is 3.11. The molecule has 1 rings (SSSR count). The Bertz CT molecular complexity index is 118. The molecule has 0 spiro atoms. The minimum atomic E-state index is -0.444. The average molecular weight is 156 g/mol. The summed E-state index contributed by atoms with van der Waals surface area (Å²) in [6.07, 6.45) is 5.03. The van der Waals surface area contributed by atoms with E-state index in [1.807, 2.05) is 6.92 Å². The summed E-state index contributed by atoms with van der Waals surface area (Å²) in [5.41, 5.74) is 11.2. The molecule has 66 valence electrons. The molecule has 0 unspecified atom stereocenters. The summed E-state index contributed by atoms with van der Waals surface area (Å²) < 4.78 is 0. The molecule has 0 aromatic rings. The highest BCUT2D eigenvalue weighted by Gasteiger charge is 2.28. The van der Waals surface area contributed by atoms with Gasteiger partial charge in [0.2, 0.25) is 0 Å². The minimum absolute atomic E-state index is 0.444. The minimum Gasteiger partial charge on any atom is -0.313 e. The standard InChI is InChI=1S/C9H20N2/c1-7-3-5-8(6-4-7)9(2,10)11/h7-8H,3-6,10-11H2,1-2H3. The van der Waals surface area contributed by atoms with Crippen molar-refractivity contribution < 1.29 is 0 Å². The van der Waals surface area contributed by atoms with Crippen molar-refractivity contribution in [3.63, 3.8) is 0 Å². The Hall–Kier alpha value is -0.0800. The van der Waals surface area contributed by atoms with Crippen LogP contribution in [0, 0.1) is 11.8 Å². The fraction of sp³-hybridized carbons (Fsp3) is 1.00. The number of nitrogens with two attached hydrogens (primary N) is 2. The van der Waals surface area contributed by atoms with Gasteiger partial charge in [0.05, 0.1) is 5.66 Å². The van der Waals surface area contributed by atoms with E-state index in [9.17, 15) is 0 Å². The van der Waals surface area contributed by atoms with Crippen LogP contribution in [-0.4, -0.2) is 5.66 Å². The van der Waals surface area contributed by atoms with Gasteiger partial charge in [0.15, 0.2) is 0 Å². The lowest BCUT2D eigenvalue weighted by Gasteiger charge is -2.35. The van der Waals surface area contributed by atoms with E-state index < -0.39 is 5.66 Å². The molecule has 0 aromatic heterocycles. The fourth-order valence-corrected chi connectivity index (χ4v) is 1.88. The van der Waals surface area contributed by atoms with E-state index in [0.29, 0.717) is 5.92 Å². The molecular weight excluding hydrogens is 136 g/mol. The van der Waals surface area contributed by atoms with Gasteiger partial charge in [0.25, 0.3) is 0 Å². The second-order valence-electron chi connectivity index (χ2n) is 4.32. The third kappa shape index (κ3) is 2.46. The molecular formula is C9H20N2. The predicted molar refractivity (Wildman–Crippen MR) is 47.9 cm³/mol. The maximum absolute atomic E-state index is 5.83. The van der Waals surface area contributed by atoms with Gasteiger partial charge in [-0.25, -0.2) is 0 Å². The highest BCUT2D eigenvalue weighted by Crippen LogP contribution is 2.31. The summed E-state index contributed by atoms with van der Waals surface area (Å²) >= 11 is 0. The van der Waals surface area contributed by atoms with Crippen molar-refractivity contribution in [2.45, 2.75) is 45.2 Å². The lowest BCUT2D eigenvalue weighted by atomic mass is 9.77. The third-order valence-electron chi connectivity index (χ3n) is 2.90. The van der Waals surface area contributed by atoms with Gasteiger partial charge >= 0.3 is 0 Å². The van der Waals surface area contributed by atoms with Crippen molar-refractivity contribution in [1.82, 2.24) is 0 Å². The highest BCUT2D eigenvalue weighted by molar-refractivity contribution is 4.84. The summed E-state index contributed by atoms with van der Waals surface area (Å²) in [5, 5.41) is 0. The van der Waals surface area contributed by atoms with Crippen LogP contribution < -0.4 is 11.5 Å². The van der Waals surface area contributed by atoms with Crippen LogP contribution in [-0.2, 0) is 0 Å². The van der Waals surface area contributed by atoms with Crippen molar-refractivity contribution in [2.24, 2.45) is 23.3 Å². The van der Waals surface area contributed by atoms with Crippen LogP contribution in [0.1, 0.15) is 39.5 Å². The molecule has 0 heterocycles. The van der Waals surface area contributed by atoms with E-state index in [1.54, 1.807) is 0 Å². The Morgan fingerprint density at radius 3 is 1.91 bits per heavy atom. The third-order valence-corrected chi connectivity index (χ3v) is 2.90. The molecule has 1 aliphatic rings. The number of hydrogen-bond donors (Lipinski definition) is 2. The van der Waals surface area contributed by atoms with Gasteiger partial charge in [0.1, 0.15) is 0 Å². The summed E-state index contributed by atoms with van der Waals surface area (Å²) in [6, 6.07) is 0. The van der Waals surface area contributed by atoms with Crippen molar-refractivity contribution in [3.8, 4) is 0 Å². The summed E-state index contributed by atoms with van der Waals surface area (Å²) in [5.74, 6) is 1.42. The van der Waals surface area contributed by atoms with Gasteiger partial charge in [-0.05, 0) is 31.6 Å². The lowest BCUT2D eigenvalue weighted by molar-refractivity contribution is 0.197. The normalized spacial score (nSPS) is 33.8. The first kappa shape index (κ1) is 9.01. The van der Waals surface area contributed by atoms with Crippen LogP contribution >= 0.6 is 0 Å². The van der Waals surface area contributed by atoms with Crippen LogP contribution in [0.3, 0.4) is 0 Å². The first-order valence-electron chi connectivity index (χ1n) is 4.58. The molecule has 0 aromatic carbocycles. The SMILES string of the molecule is CC1CCC(C(C)(N)N)CC1. The van der Waals surface area contributed by atoms with Gasteiger partial charge in [-0.1, -0.05) is 19.8 Å². The smallest absolute Gasteiger partial charge is 0.0636 e. The first-order valence-corrected chi connectivity index (χ1v) is 4.58. The second-order valence-corrected chi connectivity index (χ2v) is 4.32. The van der Waals surface area contributed by atoms with Gasteiger partial charge in [-0.15, -0.1) is 0 Å². The zero-order valence-electron chi connectivity index (χ0n) is 7.64. The van der Waals surface area contributed by atoms with E-state index in [4.69, 9.17) is 11.5 Å². The summed E-state index contributed by atoms with van der Waals surface area (Å²) in [4.78, 5) is 0. The molecule has 0 amide bonds. The van der Waals surface area contributed by atoms with Crippen LogP contribution in [0.15, 0.2) is 0 Å². The molecule has 0 atom stereocenters. The molecule has 2 nitrogen and oxygen atoms in total. The molecule has 0 aliphatic heterocycles. The quantitative estimate of drug-likeness (QED) is 0.564. The van der Waals surface area contributed by atoms with E-state index >= 15 is 0 Å². The molecule has 1 aliphatic carbocycles. The van der Waals surface area contributed by atoms with Gasteiger partial charge < -0.3 is 11.5 Å². The maximum Gasteiger partial charge on any atom is 0.0636 e. The molecule has 0 radical (unpaired) electrons.